The van der Waals surface area contributed by atoms with Gasteiger partial charge in [0.1, 0.15) is 0 Å². The van der Waals surface area contributed by atoms with Gasteiger partial charge in [-0.1, -0.05) is 6.92 Å². The zero-order chi connectivity index (χ0) is 16.4. The lowest BCUT2D eigenvalue weighted by molar-refractivity contribution is 0.408. The van der Waals surface area contributed by atoms with Gasteiger partial charge in [0.05, 0.1) is 5.75 Å². The van der Waals surface area contributed by atoms with Crippen LogP contribution in [-0.2, 0) is 10.0 Å². The van der Waals surface area contributed by atoms with Gasteiger partial charge in [-0.25, -0.2) is 13.1 Å². The molecule has 0 bridgehead atoms. The predicted molar refractivity (Wildman–Crippen MR) is 112 cm³/mol. The van der Waals surface area contributed by atoms with Crippen molar-refractivity contribution in [3.05, 3.63) is 0 Å². The molecule has 0 aromatic carbocycles. The molecule has 9 heteroatoms. The highest BCUT2D eigenvalue weighted by atomic mass is 127. The highest BCUT2D eigenvalue weighted by Crippen LogP contribution is 2.20. The topological polar surface area (TPSA) is 73.8 Å². The third kappa shape index (κ3) is 9.35. The fraction of sp³-hybridized carbons (Fsp3) is 0.929. The van der Waals surface area contributed by atoms with Gasteiger partial charge in [-0.3, -0.25) is 4.99 Å². The molecule has 1 rings (SSSR count). The number of aliphatic imine (C=N–C) groups is 1. The standard InChI is InChI=1S/C14H30N4O2S2.HI/c1-4-13-12-18(10-11-21-13)14(15-5-2)16-8-7-9-17-22(19,20)6-3;/h13,17H,4-12H2,1-3H3,(H,15,16);1H. The van der Waals surface area contributed by atoms with E-state index in [0.717, 1.165) is 31.3 Å². The first-order valence-electron chi connectivity index (χ1n) is 8.14. The molecule has 1 unspecified atom stereocenters. The van der Waals surface area contributed by atoms with E-state index in [-0.39, 0.29) is 29.7 Å². The molecule has 0 amide bonds. The van der Waals surface area contributed by atoms with Crippen LogP contribution < -0.4 is 10.0 Å². The molecule has 0 aromatic rings. The van der Waals surface area contributed by atoms with Crippen molar-refractivity contribution < 1.29 is 8.42 Å². The van der Waals surface area contributed by atoms with E-state index < -0.39 is 10.0 Å². The number of sulfonamides is 1. The maximum Gasteiger partial charge on any atom is 0.211 e. The Hall–Kier alpha value is 0.260. The molecule has 2 N–H and O–H groups in total. The Morgan fingerprint density at radius 2 is 2.09 bits per heavy atom. The predicted octanol–water partition coefficient (Wildman–Crippen LogP) is 1.73. The van der Waals surface area contributed by atoms with Crippen LogP contribution >= 0.6 is 35.7 Å². The first kappa shape index (κ1) is 23.3. The minimum absolute atomic E-state index is 0. The molecule has 0 saturated carbocycles. The van der Waals surface area contributed by atoms with Crippen LogP contribution in [0.25, 0.3) is 0 Å². The van der Waals surface area contributed by atoms with Crippen LogP contribution in [-0.4, -0.2) is 68.8 Å². The van der Waals surface area contributed by atoms with Crippen molar-refractivity contribution in [3.8, 4) is 0 Å². The molecule has 23 heavy (non-hydrogen) atoms. The maximum absolute atomic E-state index is 11.3. The average molecular weight is 478 g/mol. The van der Waals surface area contributed by atoms with Gasteiger partial charge in [-0.2, -0.15) is 11.8 Å². The van der Waals surface area contributed by atoms with E-state index in [1.165, 1.54) is 6.42 Å². The van der Waals surface area contributed by atoms with E-state index in [1.807, 2.05) is 11.8 Å². The highest BCUT2D eigenvalue weighted by Gasteiger charge is 2.21. The van der Waals surface area contributed by atoms with Gasteiger partial charge in [0.15, 0.2) is 5.96 Å². The third-order valence-corrected chi connectivity index (χ3v) is 6.30. The van der Waals surface area contributed by atoms with Crippen LogP contribution in [0.1, 0.15) is 33.6 Å². The number of rotatable bonds is 8. The molecule has 0 radical (unpaired) electrons. The van der Waals surface area contributed by atoms with Crippen molar-refractivity contribution in [1.82, 2.24) is 14.9 Å². The number of halogens is 1. The van der Waals surface area contributed by atoms with E-state index >= 15 is 0 Å². The molecule has 138 valence electrons. The van der Waals surface area contributed by atoms with E-state index in [0.29, 0.717) is 24.8 Å². The molecular weight excluding hydrogens is 447 g/mol. The quantitative estimate of drug-likeness (QED) is 0.241. The van der Waals surface area contributed by atoms with Crippen molar-refractivity contribution in [2.45, 2.75) is 38.9 Å². The molecule has 1 saturated heterocycles. The van der Waals surface area contributed by atoms with Crippen LogP contribution in [0, 0.1) is 0 Å². The number of nitrogens with zero attached hydrogens (tertiary/aromatic N) is 2. The van der Waals surface area contributed by atoms with Gasteiger partial charge < -0.3 is 10.2 Å². The van der Waals surface area contributed by atoms with Gasteiger partial charge in [0, 0.05) is 43.7 Å². The summed E-state index contributed by atoms with van der Waals surface area (Å²) in [6.07, 6.45) is 1.90. The molecule has 1 heterocycles. The summed E-state index contributed by atoms with van der Waals surface area (Å²) in [6, 6.07) is 0. The fourth-order valence-electron chi connectivity index (χ4n) is 2.18. The third-order valence-electron chi connectivity index (χ3n) is 3.53. The summed E-state index contributed by atoms with van der Waals surface area (Å²) < 4.78 is 25.3. The van der Waals surface area contributed by atoms with Crippen LogP contribution in [0.3, 0.4) is 0 Å². The van der Waals surface area contributed by atoms with Crippen molar-refractivity contribution in [1.29, 1.82) is 0 Å². The first-order valence-corrected chi connectivity index (χ1v) is 10.8. The Labute approximate surface area is 162 Å². The summed E-state index contributed by atoms with van der Waals surface area (Å²) in [4.78, 5) is 6.96. The van der Waals surface area contributed by atoms with Gasteiger partial charge in [-0.05, 0) is 26.7 Å². The van der Waals surface area contributed by atoms with Gasteiger partial charge in [-0.15, -0.1) is 24.0 Å². The highest BCUT2D eigenvalue weighted by molar-refractivity contribution is 14.0. The van der Waals surface area contributed by atoms with Crippen molar-refractivity contribution in [2.75, 3.05) is 44.2 Å². The van der Waals surface area contributed by atoms with Crippen LogP contribution in [0.5, 0.6) is 0 Å². The largest absolute Gasteiger partial charge is 0.357 e. The zero-order valence-corrected chi connectivity index (χ0v) is 18.3. The van der Waals surface area contributed by atoms with Crippen LogP contribution in [0.15, 0.2) is 4.99 Å². The van der Waals surface area contributed by atoms with E-state index in [2.05, 4.69) is 33.8 Å². The SMILES string of the molecule is CCNC(=NCCCNS(=O)(=O)CC)N1CCSC(CC)C1.I. The lowest BCUT2D eigenvalue weighted by atomic mass is 10.3. The molecule has 6 nitrogen and oxygen atoms in total. The summed E-state index contributed by atoms with van der Waals surface area (Å²) >= 11 is 2.04. The Balaban J connectivity index is 0.00000484. The fourth-order valence-corrected chi connectivity index (χ4v) is 4.02. The normalized spacial score (nSPS) is 19.3. The van der Waals surface area contributed by atoms with Gasteiger partial charge >= 0.3 is 0 Å². The molecule has 1 fully saturated rings. The summed E-state index contributed by atoms with van der Waals surface area (Å²) in [5.74, 6) is 2.22. The lowest BCUT2D eigenvalue weighted by Crippen LogP contribution is -2.48. The Kier molecular flexibility index (Phi) is 12.7. The summed E-state index contributed by atoms with van der Waals surface area (Å²) in [6.45, 7) is 9.93. The minimum Gasteiger partial charge on any atom is -0.357 e. The number of hydrogen-bond acceptors (Lipinski definition) is 4. The monoisotopic (exact) mass is 478 g/mol. The van der Waals surface area contributed by atoms with Crippen molar-refractivity contribution in [3.63, 3.8) is 0 Å². The molecular formula is C14H31IN4O2S2. The second-order valence-corrected chi connectivity index (χ2v) is 8.74. The average Bonchev–Trinajstić information content (AvgIpc) is 2.53. The molecule has 0 aromatic heterocycles. The second kappa shape index (κ2) is 12.6. The van der Waals surface area contributed by atoms with E-state index in [9.17, 15) is 8.42 Å². The molecule has 0 aliphatic carbocycles. The molecule has 1 aliphatic rings. The van der Waals surface area contributed by atoms with Crippen LogP contribution in [0.4, 0.5) is 0 Å². The number of hydrogen-bond donors (Lipinski definition) is 2. The second-order valence-electron chi connectivity index (χ2n) is 5.23. The van der Waals surface area contributed by atoms with Gasteiger partial charge in [0.2, 0.25) is 10.0 Å². The Bertz CT molecular complexity index is 446. The minimum atomic E-state index is -3.09. The smallest absolute Gasteiger partial charge is 0.211 e. The maximum atomic E-state index is 11.3. The lowest BCUT2D eigenvalue weighted by Gasteiger charge is -2.34. The summed E-state index contributed by atoms with van der Waals surface area (Å²) in [5.41, 5.74) is 0. The molecule has 0 spiro atoms. The summed E-state index contributed by atoms with van der Waals surface area (Å²) in [5, 5.41) is 4.02. The first-order chi connectivity index (χ1) is 10.5. The zero-order valence-electron chi connectivity index (χ0n) is 14.4. The number of thioether (sulfide) groups is 1. The Morgan fingerprint density at radius 1 is 1.35 bits per heavy atom. The van der Waals surface area contributed by atoms with Crippen molar-refractivity contribution >= 4 is 51.7 Å². The Morgan fingerprint density at radius 3 is 2.70 bits per heavy atom. The molecule has 1 aliphatic heterocycles. The van der Waals surface area contributed by atoms with Crippen LogP contribution in [0.2, 0.25) is 0 Å². The molecule has 1 atom stereocenters. The number of nitrogens with one attached hydrogen (secondary N) is 2. The van der Waals surface area contributed by atoms with E-state index in [4.69, 9.17) is 0 Å². The van der Waals surface area contributed by atoms with Crippen molar-refractivity contribution in [2.24, 2.45) is 4.99 Å². The van der Waals surface area contributed by atoms with Gasteiger partial charge in [0.25, 0.3) is 0 Å². The summed E-state index contributed by atoms with van der Waals surface area (Å²) in [7, 11) is -3.09. The number of guanidine groups is 1. The van der Waals surface area contributed by atoms with E-state index in [1.54, 1.807) is 6.92 Å².